The van der Waals surface area contributed by atoms with Crippen molar-refractivity contribution in [2.45, 2.75) is 54.1 Å². The van der Waals surface area contributed by atoms with Gasteiger partial charge in [-0.25, -0.2) is 4.98 Å². The first-order chi connectivity index (χ1) is 7.97. The summed E-state index contributed by atoms with van der Waals surface area (Å²) in [6.45, 7) is 13.6. The summed E-state index contributed by atoms with van der Waals surface area (Å²) in [5, 5.41) is 9.38. The van der Waals surface area contributed by atoms with Gasteiger partial charge in [0.05, 0.1) is 5.60 Å². The van der Waals surface area contributed by atoms with Crippen molar-refractivity contribution in [3.8, 4) is 5.88 Å². The number of pyridine rings is 1. The molecule has 0 bridgehead atoms. The molecule has 1 N–H and O–H groups in total. The van der Waals surface area contributed by atoms with E-state index < -0.39 is 5.60 Å². The zero-order valence-corrected chi connectivity index (χ0v) is 12.2. The number of aryl methyl sites for hydroxylation is 1. The van der Waals surface area contributed by atoms with Crippen LogP contribution in [-0.2, 0) is 0 Å². The highest BCUT2D eigenvalue weighted by molar-refractivity contribution is 5.16. The van der Waals surface area contributed by atoms with Gasteiger partial charge >= 0.3 is 0 Å². The molecule has 0 unspecified atom stereocenters. The number of aromatic nitrogens is 1. The Balaban J connectivity index is 0. The van der Waals surface area contributed by atoms with E-state index in [4.69, 9.17) is 4.74 Å². The molecular formula is C14H27NO2. The molecule has 0 aromatic carbocycles. The standard InChI is InChI=1S/C10H15NO2.2C2H6/c1-8-4-5-9(11-6-8)13-7-10(2,3)12;2*1-2/h4-6,12H,7H2,1-3H3;2*1-2H3. The minimum Gasteiger partial charge on any atom is -0.475 e. The lowest BCUT2D eigenvalue weighted by Gasteiger charge is -2.16. The summed E-state index contributed by atoms with van der Waals surface area (Å²) in [6, 6.07) is 3.72. The van der Waals surface area contributed by atoms with E-state index in [0.29, 0.717) is 5.88 Å². The van der Waals surface area contributed by atoms with Crippen LogP contribution < -0.4 is 4.74 Å². The molecule has 3 nitrogen and oxygen atoms in total. The Morgan fingerprint density at radius 2 is 1.71 bits per heavy atom. The summed E-state index contributed by atoms with van der Waals surface area (Å²) in [5.41, 5.74) is 0.280. The van der Waals surface area contributed by atoms with Crippen molar-refractivity contribution in [3.63, 3.8) is 0 Å². The fourth-order valence-corrected chi connectivity index (χ4v) is 0.790. The van der Waals surface area contributed by atoms with Crippen molar-refractivity contribution in [1.29, 1.82) is 0 Å². The minimum absolute atomic E-state index is 0.253. The molecule has 0 aliphatic rings. The van der Waals surface area contributed by atoms with Gasteiger partial charge in [-0.1, -0.05) is 33.8 Å². The summed E-state index contributed by atoms with van der Waals surface area (Å²) in [7, 11) is 0. The summed E-state index contributed by atoms with van der Waals surface area (Å²) in [4.78, 5) is 4.05. The van der Waals surface area contributed by atoms with Crippen molar-refractivity contribution >= 4 is 0 Å². The summed E-state index contributed by atoms with van der Waals surface area (Å²) in [6.07, 6.45) is 1.74. The number of ether oxygens (including phenoxy) is 1. The van der Waals surface area contributed by atoms with E-state index in [2.05, 4.69) is 4.98 Å². The monoisotopic (exact) mass is 241 g/mol. The molecule has 0 fully saturated rings. The zero-order valence-electron chi connectivity index (χ0n) is 12.2. The Morgan fingerprint density at radius 3 is 2.06 bits per heavy atom. The Labute approximate surface area is 106 Å². The van der Waals surface area contributed by atoms with Gasteiger partial charge in [0, 0.05) is 12.3 Å². The highest BCUT2D eigenvalue weighted by Gasteiger charge is 2.13. The predicted octanol–water partition coefficient (Wildman–Crippen LogP) is 3.59. The average molecular weight is 241 g/mol. The summed E-state index contributed by atoms with van der Waals surface area (Å²) >= 11 is 0. The van der Waals surface area contributed by atoms with Crippen LogP contribution in [0, 0.1) is 6.92 Å². The normalized spacial score (nSPS) is 9.41. The zero-order chi connectivity index (χ0) is 13.9. The third kappa shape index (κ3) is 11.2. The second-order valence-corrected chi connectivity index (χ2v) is 3.77. The Hall–Kier alpha value is -1.09. The van der Waals surface area contributed by atoms with Crippen molar-refractivity contribution in [2.75, 3.05) is 6.61 Å². The highest BCUT2D eigenvalue weighted by atomic mass is 16.5. The molecule has 0 saturated carbocycles. The van der Waals surface area contributed by atoms with E-state index in [1.165, 1.54) is 0 Å². The van der Waals surface area contributed by atoms with E-state index in [1.807, 2.05) is 40.7 Å². The van der Waals surface area contributed by atoms with Crippen molar-refractivity contribution in [3.05, 3.63) is 23.9 Å². The Morgan fingerprint density at radius 1 is 1.18 bits per heavy atom. The lowest BCUT2D eigenvalue weighted by molar-refractivity contribution is 0.0268. The molecule has 0 radical (unpaired) electrons. The van der Waals surface area contributed by atoms with Gasteiger partial charge in [-0.3, -0.25) is 0 Å². The van der Waals surface area contributed by atoms with Crippen molar-refractivity contribution in [2.24, 2.45) is 0 Å². The van der Waals surface area contributed by atoms with Gasteiger partial charge in [0.1, 0.15) is 6.61 Å². The molecule has 0 spiro atoms. The van der Waals surface area contributed by atoms with Crippen molar-refractivity contribution in [1.82, 2.24) is 4.98 Å². The third-order valence-corrected chi connectivity index (χ3v) is 1.46. The maximum atomic E-state index is 9.38. The number of aliphatic hydroxyl groups is 1. The van der Waals surface area contributed by atoms with Gasteiger partial charge in [-0.05, 0) is 26.3 Å². The maximum Gasteiger partial charge on any atom is 0.213 e. The molecule has 0 aliphatic heterocycles. The smallest absolute Gasteiger partial charge is 0.213 e. The molecule has 100 valence electrons. The SMILES string of the molecule is CC.CC.Cc1ccc(OCC(C)(C)O)nc1. The lowest BCUT2D eigenvalue weighted by atomic mass is 10.2. The van der Waals surface area contributed by atoms with Crippen LogP contribution in [0.25, 0.3) is 0 Å². The van der Waals surface area contributed by atoms with E-state index in [0.717, 1.165) is 5.56 Å². The van der Waals surface area contributed by atoms with Crippen LogP contribution in [0.15, 0.2) is 18.3 Å². The molecule has 1 aromatic rings. The van der Waals surface area contributed by atoms with E-state index >= 15 is 0 Å². The number of nitrogens with zero attached hydrogens (tertiary/aromatic N) is 1. The van der Waals surface area contributed by atoms with Gasteiger partial charge < -0.3 is 9.84 Å². The lowest BCUT2D eigenvalue weighted by Crippen LogP contribution is -2.28. The number of rotatable bonds is 3. The van der Waals surface area contributed by atoms with E-state index in [-0.39, 0.29) is 6.61 Å². The summed E-state index contributed by atoms with van der Waals surface area (Å²) in [5.74, 6) is 0.549. The molecule has 1 aromatic heterocycles. The molecule has 0 atom stereocenters. The van der Waals surface area contributed by atoms with Crippen LogP contribution in [0.5, 0.6) is 5.88 Å². The molecule has 17 heavy (non-hydrogen) atoms. The molecule has 1 rings (SSSR count). The topological polar surface area (TPSA) is 42.4 Å². The van der Waals surface area contributed by atoms with Crippen LogP contribution in [0.4, 0.5) is 0 Å². The third-order valence-electron chi connectivity index (χ3n) is 1.46. The second-order valence-electron chi connectivity index (χ2n) is 3.77. The van der Waals surface area contributed by atoms with Crippen LogP contribution in [0.2, 0.25) is 0 Å². The molecule has 1 heterocycles. The first-order valence-electron chi connectivity index (χ1n) is 6.25. The quantitative estimate of drug-likeness (QED) is 0.879. The van der Waals surface area contributed by atoms with Crippen LogP contribution in [-0.4, -0.2) is 22.3 Å². The largest absolute Gasteiger partial charge is 0.475 e. The van der Waals surface area contributed by atoms with Crippen LogP contribution >= 0.6 is 0 Å². The molecule has 0 aliphatic carbocycles. The van der Waals surface area contributed by atoms with E-state index in [9.17, 15) is 5.11 Å². The molecule has 3 heteroatoms. The first kappa shape index (κ1) is 18.3. The van der Waals surface area contributed by atoms with Gasteiger partial charge in [0.15, 0.2) is 0 Å². The number of hydrogen-bond donors (Lipinski definition) is 1. The van der Waals surface area contributed by atoms with Gasteiger partial charge in [0.25, 0.3) is 0 Å². The van der Waals surface area contributed by atoms with Gasteiger partial charge in [0.2, 0.25) is 5.88 Å². The minimum atomic E-state index is -0.813. The average Bonchev–Trinajstić information content (AvgIpc) is 2.33. The maximum absolute atomic E-state index is 9.38. The first-order valence-corrected chi connectivity index (χ1v) is 6.25. The fraction of sp³-hybridized carbons (Fsp3) is 0.643. The summed E-state index contributed by atoms with van der Waals surface area (Å²) < 4.78 is 5.26. The van der Waals surface area contributed by atoms with Crippen LogP contribution in [0.3, 0.4) is 0 Å². The fourth-order valence-electron chi connectivity index (χ4n) is 0.790. The van der Waals surface area contributed by atoms with Gasteiger partial charge in [-0.15, -0.1) is 0 Å². The van der Waals surface area contributed by atoms with E-state index in [1.54, 1.807) is 26.1 Å². The Bertz CT molecular complexity index is 263. The second kappa shape index (κ2) is 10.1. The Kier molecular flexibility index (Phi) is 10.8. The van der Waals surface area contributed by atoms with Crippen LogP contribution in [0.1, 0.15) is 47.1 Å². The molecule has 0 saturated heterocycles. The predicted molar refractivity (Wildman–Crippen MR) is 73.5 cm³/mol. The number of hydrogen-bond acceptors (Lipinski definition) is 3. The van der Waals surface area contributed by atoms with Crippen molar-refractivity contribution < 1.29 is 9.84 Å². The molecular weight excluding hydrogens is 214 g/mol. The molecule has 0 amide bonds. The highest BCUT2D eigenvalue weighted by Crippen LogP contribution is 2.09. The van der Waals surface area contributed by atoms with Gasteiger partial charge in [-0.2, -0.15) is 0 Å².